The van der Waals surface area contributed by atoms with Gasteiger partial charge in [0.05, 0.1) is 0 Å². The van der Waals surface area contributed by atoms with Crippen molar-refractivity contribution in [3.63, 3.8) is 0 Å². The van der Waals surface area contributed by atoms with E-state index in [0.29, 0.717) is 11.5 Å². The van der Waals surface area contributed by atoms with Crippen LogP contribution < -0.4 is 5.73 Å². The quantitative estimate of drug-likeness (QED) is 0.825. The molecule has 0 aliphatic carbocycles. The highest BCUT2D eigenvalue weighted by molar-refractivity contribution is 4.94. The van der Waals surface area contributed by atoms with E-state index in [0.717, 1.165) is 38.6 Å². The van der Waals surface area contributed by atoms with Crippen molar-refractivity contribution >= 4 is 0 Å². The van der Waals surface area contributed by atoms with Gasteiger partial charge in [-0.15, -0.1) is 0 Å². The Morgan fingerprint density at radius 3 is 2.79 bits per heavy atom. The predicted octanol–water partition coefficient (Wildman–Crippen LogP) is 0.910. The minimum Gasteiger partial charge on any atom is -0.381 e. The highest BCUT2D eigenvalue weighted by atomic mass is 16.5. The fourth-order valence-electron chi connectivity index (χ4n) is 4.13. The third-order valence-electron chi connectivity index (χ3n) is 5.59. The molecule has 0 aromatic carbocycles. The molecule has 0 aromatic heterocycles. The first kappa shape index (κ1) is 13.8. The molecular formula is C15H29N3O. The van der Waals surface area contributed by atoms with E-state index in [-0.39, 0.29) is 0 Å². The van der Waals surface area contributed by atoms with Gasteiger partial charge in [0, 0.05) is 44.9 Å². The molecule has 0 radical (unpaired) electrons. The number of ether oxygens (including phenoxy) is 1. The molecule has 2 N–H and O–H groups in total. The molecule has 110 valence electrons. The molecule has 3 heterocycles. The highest BCUT2D eigenvalue weighted by Gasteiger charge is 2.39. The van der Waals surface area contributed by atoms with Crippen molar-refractivity contribution in [1.29, 1.82) is 0 Å². The zero-order chi connectivity index (χ0) is 13.3. The molecule has 0 bridgehead atoms. The van der Waals surface area contributed by atoms with Gasteiger partial charge in [-0.3, -0.25) is 9.80 Å². The summed E-state index contributed by atoms with van der Waals surface area (Å²) >= 11 is 0. The minimum absolute atomic E-state index is 0.313. The Kier molecular flexibility index (Phi) is 4.13. The first-order valence-corrected chi connectivity index (χ1v) is 7.98. The topological polar surface area (TPSA) is 41.7 Å². The molecule has 4 nitrogen and oxygen atoms in total. The monoisotopic (exact) mass is 267 g/mol. The second kappa shape index (κ2) is 5.68. The molecule has 0 amide bonds. The lowest BCUT2D eigenvalue weighted by Crippen LogP contribution is -2.58. The molecule has 2 unspecified atom stereocenters. The van der Waals surface area contributed by atoms with Crippen LogP contribution in [0, 0.1) is 5.41 Å². The van der Waals surface area contributed by atoms with E-state index in [1.165, 1.54) is 39.0 Å². The second-order valence-corrected chi connectivity index (χ2v) is 6.89. The van der Waals surface area contributed by atoms with Gasteiger partial charge in [0.15, 0.2) is 0 Å². The van der Waals surface area contributed by atoms with Crippen LogP contribution in [-0.4, -0.2) is 67.8 Å². The van der Waals surface area contributed by atoms with Crippen molar-refractivity contribution in [2.24, 2.45) is 11.1 Å². The van der Waals surface area contributed by atoms with Crippen LogP contribution in [0.1, 0.15) is 32.6 Å². The SMILES string of the molecule is CC1CN2CCCC2CN1CC1(CN)CCOCC1. The lowest BCUT2D eigenvalue weighted by molar-refractivity contribution is -0.0269. The molecule has 0 saturated carbocycles. The van der Waals surface area contributed by atoms with Gasteiger partial charge in [0.1, 0.15) is 0 Å². The zero-order valence-corrected chi connectivity index (χ0v) is 12.3. The summed E-state index contributed by atoms with van der Waals surface area (Å²) in [6.45, 7) is 10.00. The first-order valence-electron chi connectivity index (χ1n) is 7.98. The molecule has 3 aliphatic rings. The van der Waals surface area contributed by atoms with Gasteiger partial charge in [-0.25, -0.2) is 0 Å². The summed E-state index contributed by atoms with van der Waals surface area (Å²) in [6, 6.07) is 1.49. The molecule has 2 atom stereocenters. The maximum Gasteiger partial charge on any atom is 0.0472 e. The Balaban J connectivity index is 1.64. The van der Waals surface area contributed by atoms with E-state index in [4.69, 9.17) is 10.5 Å². The van der Waals surface area contributed by atoms with Crippen LogP contribution in [0.25, 0.3) is 0 Å². The Labute approximate surface area is 117 Å². The summed E-state index contributed by atoms with van der Waals surface area (Å²) in [5.41, 5.74) is 6.43. The largest absolute Gasteiger partial charge is 0.381 e. The van der Waals surface area contributed by atoms with Gasteiger partial charge >= 0.3 is 0 Å². The van der Waals surface area contributed by atoms with Crippen LogP contribution in [0.4, 0.5) is 0 Å². The van der Waals surface area contributed by atoms with Crippen molar-refractivity contribution in [1.82, 2.24) is 9.80 Å². The number of piperazine rings is 1. The molecule has 0 spiro atoms. The summed E-state index contributed by atoms with van der Waals surface area (Å²) in [7, 11) is 0. The smallest absolute Gasteiger partial charge is 0.0472 e. The fraction of sp³-hybridized carbons (Fsp3) is 1.00. The van der Waals surface area contributed by atoms with E-state index in [9.17, 15) is 0 Å². The molecule has 3 fully saturated rings. The molecule has 3 aliphatic heterocycles. The van der Waals surface area contributed by atoms with Crippen LogP contribution >= 0.6 is 0 Å². The number of nitrogens with zero attached hydrogens (tertiary/aromatic N) is 2. The average molecular weight is 267 g/mol. The molecule has 19 heavy (non-hydrogen) atoms. The first-order chi connectivity index (χ1) is 9.22. The van der Waals surface area contributed by atoms with Crippen molar-refractivity contribution in [3.05, 3.63) is 0 Å². The number of fused-ring (bicyclic) bond motifs is 1. The average Bonchev–Trinajstić information content (AvgIpc) is 2.87. The fourth-order valence-corrected chi connectivity index (χ4v) is 4.13. The van der Waals surface area contributed by atoms with Gasteiger partial charge in [-0.1, -0.05) is 0 Å². The summed E-state index contributed by atoms with van der Waals surface area (Å²) < 4.78 is 5.53. The Morgan fingerprint density at radius 2 is 2.05 bits per heavy atom. The number of hydrogen-bond donors (Lipinski definition) is 1. The third kappa shape index (κ3) is 2.82. The lowest BCUT2D eigenvalue weighted by Gasteiger charge is -2.47. The van der Waals surface area contributed by atoms with E-state index < -0.39 is 0 Å². The number of hydrogen-bond acceptors (Lipinski definition) is 4. The van der Waals surface area contributed by atoms with E-state index in [1.54, 1.807) is 0 Å². The normalized spacial score (nSPS) is 36.3. The third-order valence-corrected chi connectivity index (χ3v) is 5.59. The summed E-state index contributed by atoms with van der Waals surface area (Å²) in [5, 5.41) is 0. The van der Waals surface area contributed by atoms with Gasteiger partial charge in [-0.2, -0.15) is 0 Å². The van der Waals surface area contributed by atoms with Crippen LogP contribution in [0.2, 0.25) is 0 Å². The Morgan fingerprint density at radius 1 is 1.26 bits per heavy atom. The van der Waals surface area contributed by atoms with Crippen LogP contribution in [0.5, 0.6) is 0 Å². The van der Waals surface area contributed by atoms with Crippen molar-refractivity contribution in [3.8, 4) is 0 Å². The predicted molar refractivity (Wildman–Crippen MR) is 77.2 cm³/mol. The number of rotatable bonds is 3. The molecular weight excluding hydrogens is 238 g/mol. The summed E-state index contributed by atoms with van der Waals surface area (Å²) in [5.74, 6) is 0. The van der Waals surface area contributed by atoms with Crippen LogP contribution in [0.15, 0.2) is 0 Å². The van der Waals surface area contributed by atoms with E-state index >= 15 is 0 Å². The van der Waals surface area contributed by atoms with Crippen LogP contribution in [0.3, 0.4) is 0 Å². The highest BCUT2D eigenvalue weighted by Crippen LogP contribution is 2.33. The molecule has 3 rings (SSSR count). The number of nitrogens with two attached hydrogens (primary N) is 1. The maximum absolute atomic E-state index is 6.12. The van der Waals surface area contributed by atoms with Crippen molar-refractivity contribution in [2.75, 3.05) is 45.9 Å². The van der Waals surface area contributed by atoms with Gasteiger partial charge < -0.3 is 10.5 Å². The van der Waals surface area contributed by atoms with Crippen LogP contribution in [-0.2, 0) is 4.74 Å². The van der Waals surface area contributed by atoms with Crippen molar-refractivity contribution in [2.45, 2.75) is 44.7 Å². The lowest BCUT2D eigenvalue weighted by atomic mass is 9.79. The Bertz CT molecular complexity index is 304. The standard InChI is InChI=1S/C15H29N3O/c1-13-9-17-6-2-3-14(17)10-18(13)12-15(11-16)4-7-19-8-5-15/h13-14H,2-12,16H2,1H3. The molecule has 3 saturated heterocycles. The van der Waals surface area contributed by atoms with Crippen molar-refractivity contribution < 1.29 is 4.74 Å². The van der Waals surface area contributed by atoms with E-state index in [2.05, 4.69) is 16.7 Å². The van der Waals surface area contributed by atoms with E-state index in [1.807, 2.05) is 0 Å². The summed E-state index contributed by atoms with van der Waals surface area (Å²) in [4.78, 5) is 5.41. The maximum atomic E-state index is 6.12. The second-order valence-electron chi connectivity index (χ2n) is 6.89. The Hall–Kier alpha value is -0.160. The molecule has 0 aromatic rings. The molecule has 4 heteroatoms. The minimum atomic E-state index is 0.313. The van der Waals surface area contributed by atoms with Gasteiger partial charge in [0.2, 0.25) is 0 Å². The van der Waals surface area contributed by atoms with Gasteiger partial charge in [-0.05, 0) is 51.1 Å². The summed E-state index contributed by atoms with van der Waals surface area (Å²) in [6.07, 6.45) is 5.06. The zero-order valence-electron chi connectivity index (χ0n) is 12.3. The van der Waals surface area contributed by atoms with Gasteiger partial charge in [0.25, 0.3) is 0 Å².